The van der Waals surface area contributed by atoms with Gasteiger partial charge in [-0.2, -0.15) is 0 Å². The topological polar surface area (TPSA) is 72.4 Å². The summed E-state index contributed by atoms with van der Waals surface area (Å²) in [5.74, 6) is 0.807. The van der Waals surface area contributed by atoms with Gasteiger partial charge in [0.25, 0.3) is 5.56 Å². The number of rotatable bonds is 5. The minimum absolute atomic E-state index is 0.151. The van der Waals surface area contributed by atoms with Gasteiger partial charge in [-0.3, -0.25) is 9.20 Å². The van der Waals surface area contributed by atoms with Gasteiger partial charge in [-0.25, -0.2) is 4.57 Å². The van der Waals surface area contributed by atoms with Crippen LogP contribution >= 0.6 is 23.4 Å². The highest BCUT2D eigenvalue weighted by atomic mass is 35.5. The lowest BCUT2D eigenvalue weighted by Gasteiger charge is -2.13. The number of fused-ring (bicyclic) bond motifs is 3. The molecule has 0 aliphatic carbocycles. The molecule has 0 fully saturated rings. The van der Waals surface area contributed by atoms with Gasteiger partial charge >= 0.3 is 0 Å². The van der Waals surface area contributed by atoms with Crippen molar-refractivity contribution in [1.82, 2.24) is 19.2 Å². The summed E-state index contributed by atoms with van der Waals surface area (Å²) in [5, 5.41) is 21.1. The van der Waals surface area contributed by atoms with Gasteiger partial charge in [0.1, 0.15) is 0 Å². The summed E-state index contributed by atoms with van der Waals surface area (Å²) in [5.41, 5.74) is 3.18. The predicted octanol–water partition coefficient (Wildman–Crippen LogP) is 4.82. The molecule has 0 radical (unpaired) electrons. The standard InChI is InChI=1S/C24H19ClN4O2S/c1-15-6-12-18(13-7-15)28-22(31)19-4-2-3-5-20(19)29-23(28)26-27-24(29)32-14-21(30)16-8-10-17(25)11-9-16/h2-13,21,30H,14H2,1H3. The van der Waals surface area contributed by atoms with Crippen molar-refractivity contribution in [2.45, 2.75) is 18.2 Å². The number of para-hydroxylation sites is 1. The van der Waals surface area contributed by atoms with E-state index in [-0.39, 0.29) is 5.56 Å². The maximum atomic E-state index is 13.3. The lowest BCUT2D eigenvalue weighted by molar-refractivity contribution is 0.204. The van der Waals surface area contributed by atoms with Crippen LogP contribution in [-0.2, 0) is 0 Å². The second kappa shape index (κ2) is 8.43. The van der Waals surface area contributed by atoms with Gasteiger partial charge in [0.2, 0.25) is 5.78 Å². The molecule has 1 N–H and O–H groups in total. The van der Waals surface area contributed by atoms with E-state index in [4.69, 9.17) is 11.6 Å². The summed E-state index contributed by atoms with van der Waals surface area (Å²) >= 11 is 7.33. The number of aromatic nitrogens is 4. The van der Waals surface area contributed by atoms with Crippen molar-refractivity contribution in [1.29, 1.82) is 0 Å². The summed E-state index contributed by atoms with van der Waals surface area (Å²) < 4.78 is 3.45. The van der Waals surface area contributed by atoms with E-state index in [1.165, 1.54) is 11.8 Å². The van der Waals surface area contributed by atoms with E-state index in [0.29, 0.717) is 27.1 Å². The zero-order valence-electron chi connectivity index (χ0n) is 17.1. The monoisotopic (exact) mass is 462 g/mol. The molecule has 2 heterocycles. The van der Waals surface area contributed by atoms with Gasteiger partial charge in [0.05, 0.1) is 22.7 Å². The van der Waals surface area contributed by atoms with Crippen LogP contribution in [0.25, 0.3) is 22.4 Å². The maximum Gasteiger partial charge on any atom is 0.267 e. The van der Waals surface area contributed by atoms with Crippen LogP contribution in [0.1, 0.15) is 17.2 Å². The van der Waals surface area contributed by atoms with Crippen LogP contribution in [0.4, 0.5) is 0 Å². The van der Waals surface area contributed by atoms with Crippen LogP contribution in [0.5, 0.6) is 0 Å². The van der Waals surface area contributed by atoms with Crippen LogP contribution in [0.15, 0.2) is 82.7 Å². The van der Waals surface area contributed by atoms with Gasteiger partial charge in [0, 0.05) is 10.8 Å². The Morgan fingerprint density at radius 2 is 1.72 bits per heavy atom. The van der Waals surface area contributed by atoms with Crippen LogP contribution in [0.2, 0.25) is 5.02 Å². The third-order valence-electron chi connectivity index (χ3n) is 5.31. The molecule has 0 aliphatic heterocycles. The summed E-state index contributed by atoms with van der Waals surface area (Å²) in [4.78, 5) is 13.3. The number of halogens is 1. The Morgan fingerprint density at radius 3 is 2.47 bits per heavy atom. The van der Waals surface area contributed by atoms with E-state index >= 15 is 0 Å². The van der Waals surface area contributed by atoms with E-state index in [1.54, 1.807) is 34.9 Å². The second-order valence-electron chi connectivity index (χ2n) is 7.49. The molecule has 32 heavy (non-hydrogen) atoms. The molecule has 1 atom stereocenters. The highest BCUT2D eigenvalue weighted by Gasteiger charge is 2.19. The lowest BCUT2D eigenvalue weighted by Crippen LogP contribution is -2.21. The van der Waals surface area contributed by atoms with Crippen molar-refractivity contribution in [2.75, 3.05) is 5.75 Å². The third-order valence-corrected chi connectivity index (χ3v) is 6.57. The number of benzene rings is 3. The largest absolute Gasteiger partial charge is 0.388 e. The first kappa shape index (κ1) is 20.8. The molecular formula is C24H19ClN4O2S. The molecule has 0 saturated heterocycles. The smallest absolute Gasteiger partial charge is 0.267 e. The predicted molar refractivity (Wildman–Crippen MR) is 128 cm³/mol. The summed E-state index contributed by atoms with van der Waals surface area (Å²) in [6.07, 6.45) is -0.695. The Kier molecular flexibility index (Phi) is 5.46. The number of hydrogen-bond acceptors (Lipinski definition) is 5. The van der Waals surface area contributed by atoms with E-state index in [1.807, 2.05) is 53.8 Å². The maximum absolute atomic E-state index is 13.3. The van der Waals surface area contributed by atoms with Crippen molar-refractivity contribution in [2.24, 2.45) is 0 Å². The molecule has 1 unspecified atom stereocenters. The first-order valence-corrected chi connectivity index (χ1v) is 11.4. The normalized spacial score (nSPS) is 12.5. The fraction of sp³-hybridized carbons (Fsp3) is 0.125. The molecule has 3 aromatic carbocycles. The lowest BCUT2D eigenvalue weighted by atomic mass is 10.1. The molecule has 0 bridgehead atoms. The van der Waals surface area contributed by atoms with Crippen molar-refractivity contribution in [3.8, 4) is 5.69 Å². The zero-order valence-corrected chi connectivity index (χ0v) is 18.7. The highest BCUT2D eigenvalue weighted by Crippen LogP contribution is 2.27. The first-order chi connectivity index (χ1) is 15.5. The molecule has 2 aromatic heterocycles. The summed E-state index contributed by atoms with van der Waals surface area (Å²) in [6.45, 7) is 2.00. The van der Waals surface area contributed by atoms with Crippen LogP contribution in [-0.4, -0.2) is 30.0 Å². The molecule has 0 aliphatic rings. The quantitative estimate of drug-likeness (QED) is 0.379. The zero-order chi connectivity index (χ0) is 22.2. The molecule has 5 aromatic rings. The van der Waals surface area contributed by atoms with E-state index in [9.17, 15) is 9.90 Å². The highest BCUT2D eigenvalue weighted by molar-refractivity contribution is 7.99. The Balaban J connectivity index is 1.61. The molecule has 160 valence electrons. The van der Waals surface area contributed by atoms with Crippen LogP contribution < -0.4 is 5.56 Å². The molecule has 0 saturated carbocycles. The van der Waals surface area contributed by atoms with E-state index in [2.05, 4.69) is 10.2 Å². The Labute approximate surface area is 193 Å². The number of nitrogens with zero attached hydrogens (tertiary/aromatic N) is 4. The Hall–Kier alpha value is -3.13. The number of aliphatic hydroxyl groups excluding tert-OH is 1. The first-order valence-electron chi connectivity index (χ1n) is 10.0. The van der Waals surface area contributed by atoms with Crippen molar-refractivity contribution in [3.05, 3.63) is 99.3 Å². The van der Waals surface area contributed by atoms with Gasteiger partial charge in [-0.15, -0.1) is 10.2 Å². The van der Waals surface area contributed by atoms with Crippen LogP contribution in [0.3, 0.4) is 0 Å². The number of aliphatic hydroxyl groups is 1. The molecule has 0 spiro atoms. The average molecular weight is 463 g/mol. The third kappa shape index (κ3) is 3.68. The van der Waals surface area contributed by atoms with Gasteiger partial charge in [-0.05, 0) is 48.9 Å². The molecule has 8 heteroatoms. The van der Waals surface area contributed by atoms with Gasteiger partial charge in [0.15, 0.2) is 5.16 Å². The van der Waals surface area contributed by atoms with Crippen molar-refractivity contribution < 1.29 is 5.11 Å². The molecular weight excluding hydrogens is 444 g/mol. The summed E-state index contributed by atoms with van der Waals surface area (Å²) in [6, 6.07) is 22.3. The SMILES string of the molecule is Cc1ccc(-n2c(=O)c3ccccc3n3c(SCC(O)c4ccc(Cl)cc4)nnc23)cc1. The van der Waals surface area contributed by atoms with Gasteiger partial charge < -0.3 is 5.11 Å². The van der Waals surface area contributed by atoms with E-state index < -0.39 is 6.10 Å². The number of thioether (sulfide) groups is 1. The minimum Gasteiger partial charge on any atom is -0.388 e. The van der Waals surface area contributed by atoms with Crippen molar-refractivity contribution in [3.63, 3.8) is 0 Å². The summed E-state index contributed by atoms with van der Waals surface area (Å²) in [7, 11) is 0. The Morgan fingerprint density at radius 1 is 1.00 bits per heavy atom. The number of aryl methyl sites for hydroxylation is 1. The molecule has 5 rings (SSSR count). The van der Waals surface area contributed by atoms with Gasteiger partial charge in [-0.1, -0.05) is 65.3 Å². The second-order valence-corrected chi connectivity index (χ2v) is 8.91. The van der Waals surface area contributed by atoms with Crippen LogP contribution in [0, 0.1) is 6.92 Å². The fourth-order valence-electron chi connectivity index (χ4n) is 3.63. The fourth-order valence-corrected chi connectivity index (χ4v) is 4.67. The number of hydrogen-bond donors (Lipinski definition) is 1. The van der Waals surface area contributed by atoms with Crippen molar-refractivity contribution >= 4 is 40.0 Å². The molecule has 6 nitrogen and oxygen atoms in total. The molecule has 0 amide bonds. The van der Waals surface area contributed by atoms with E-state index in [0.717, 1.165) is 22.3 Å². The Bertz CT molecular complexity index is 1480. The minimum atomic E-state index is -0.695. The average Bonchev–Trinajstić information content (AvgIpc) is 3.23.